The summed E-state index contributed by atoms with van der Waals surface area (Å²) in [5.41, 5.74) is 0.873. The third-order valence-electron chi connectivity index (χ3n) is 2.60. The van der Waals surface area contributed by atoms with Crippen LogP contribution in [0.1, 0.15) is 24.8 Å². The minimum atomic E-state index is 0.303. The van der Waals surface area contributed by atoms with Crippen molar-refractivity contribution in [2.24, 2.45) is 0 Å². The molecule has 0 fully saturated rings. The molecule has 20 heavy (non-hydrogen) atoms. The number of hydrogen-bond acceptors (Lipinski definition) is 4. The Labute approximate surface area is 131 Å². The average molecular weight is 360 g/mol. The van der Waals surface area contributed by atoms with Crippen LogP contribution in [0.3, 0.4) is 0 Å². The highest BCUT2D eigenvalue weighted by Gasteiger charge is 2.07. The Balaban J connectivity index is 1.89. The van der Waals surface area contributed by atoms with Gasteiger partial charge >= 0.3 is 0 Å². The van der Waals surface area contributed by atoms with E-state index >= 15 is 0 Å². The summed E-state index contributed by atoms with van der Waals surface area (Å²) in [6.45, 7) is 4.09. The van der Waals surface area contributed by atoms with Gasteiger partial charge in [0.25, 0.3) is 0 Å². The van der Waals surface area contributed by atoms with Crippen molar-refractivity contribution in [1.29, 1.82) is 0 Å². The Morgan fingerprint density at radius 2 is 2.25 bits per heavy atom. The van der Waals surface area contributed by atoms with Crippen molar-refractivity contribution in [3.8, 4) is 5.75 Å². The van der Waals surface area contributed by atoms with Crippen molar-refractivity contribution in [3.63, 3.8) is 0 Å². The molecule has 1 aromatic heterocycles. The zero-order chi connectivity index (χ0) is 14.4. The van der Waals surface area contributed by atoms with Gasteiger partial charge in [0.1, 0.15) is 12.4 Å². The SMILES string of the molecule is CCCNCc1cc(COc2cc(Br)ccc2Cl)on1. The van der Waals surface area contributed by atoms with Crippen LogP contribution < -0.4 is 10.1 Å². The van der Waals surface area contributed by atoms with Crippen LogP contribution in [0, 0.1) is 0 Å². The van der Waals surface area contributed by atoms with Crippen LogP contribution in [-0.4, -0.2) is 11.7 Å². The topological polar surface area (TPSA) is 47.3 Å². The van der Waals surface area contributed by atoms with E-state index in [0.717, 1.165) is 23.1 Å². The van der Waals surface area contributed by atoms with Crippen molar-refractivity contribution in [2.45, 2.75) is 26.5 Å². The van der Waals surface area contributed by atoms with Gasteiger partial charge in [-0.2, -0.15) is 0 Å². The average Bonchev–Trinajstić information content (AvgIpc) is 2.88. The van der Waals surface area contributed by atoms with Crippen LogP contribution in [-0.2, 0) is 13.2 Å². The van der Waals surface area contributed by atoms with E-state index in [-0.39, 0.29) is 0 Å². The molecule has 0 amide bonds. The van der Waals surface area contributed by atoms with Gasteiger partial charge in [-0.15, -0.1) is 0 Å². The van der Waals surface area contributed by atoms with Crippen molar-refractivity contribution in [3.05, 3.63) is 45.2 Å². The van der Waals surface area contributed by atoms with Crippen molar-refractivity contribution < 1.29 is 9.26 Å². The van der Waals surface area contributed by atoms with Crippen LogP contribution >= 0.6 is 27.5 Å². The van der Waals surface area contributed by atoms with Gasteiger partial charge in [0.15, 0.2) is 5.76 Å². The molecule has 0 atom stereocenters. The fourth-order valence-electron chi connectivity index (χ4n) is 1.64. The molecule has 4 nitrogen and oxygen atoms in total. The van der Waals surface area contributed by atoms with Crippen molar-refractivity contribution in [2.75, 3.05) is 6.54 Å². The van der Waals surface area contributed by atoms with Crippen LogP contribution in [0.5, 0.6) is 5.75 Å². The normalized spacial score (nSPS) is 10.8. The summed E-state index contributed by atoms with van der Waals surface area (Å²) < 4.78 is 11.8. The van der Waals surface area contributed by atoms with Gasteiger partial charge < -0.3 is 14.6 Å². The zero-order valence-corrected chi connectivity index (χ0v) is 13.5. The van der Waals surface area contributed by atoms with E-state index in [4.69, 9.17) is 20.9 Å². The second-order valence-electron chi connectivity index (χ2n) is 4.32. The molecule has 0 aliphatic rings. The molecule has 0 bridgehead atoms. The predicted molar refractivity (Wildman–Crippen MR) is 82.0 cm³/mol. The molecule has 0 unspecified atom stereocenters. The van der Waals surface area contributed by atoms with E-state index in [2.05, 4.69) is 33.3 Å². The van der Waals surface area contributed by atoms with Gasteiger partial charge in [-0.3, -0.25) is 0 Å². The largest absolute Gasteiger partial charge is 0.484 e. The lowest BCUT2D eigenvalue weighted by molar-refractivity contribution is 0.248. The van der Waals surface area contributed by atoms with Crippen LogP contribution in [0.25, 0.3) is 0 Å². The number of nitrogens with zero attached hydrogens (tertiary/aromatic N) is 1. The highest BCUT2D eigenvalue weighted by Crippen LogP contribution is 2.28. The smallest absolute Gasteiger partial charge is 0.174 e. The quantitative estimate of drug-likeness (QED) is 0.754. The maximum atomic E-state index is 6.05. The van der Waals surface area contributed by atoms with Crippen molar-refractivity contribution >= 4 is 27.5 Å². The number of hydrogen-bond donors (Lipinski definition) is 1. The molecule has 0 saturated carbocycles. The maximum Gasteiger partial charge on any atom is 0.174 e. The Hall–Kier alpha value is -1.04. The fourth-order valence-corrected chi connectivity index (χ4v) is 2.15. The van der Waals surface area contributed by atoms with Gasteiger partial charge in [-0.25, -0.2) is 0 Å². The number of rotatable bonds is 7. The second kappa shape index (κ2) is 7.67. The first-order valence-electron chi connectivity index (χ1n) is 6.42. The number of halogens is 2. The maximum absolute atomic E-state index is 6.05. The standard InChI is InChI=1S/C14H16BrClN2O2/c1-2-5-17-8-11-7-12(20-18-11)9-19-14-6-10(15)3-4-13(14)16/h3-4,6-7,17H,2,5,8-9H2,1H3. The molecule has 2 rings (SSSR count). The van der Waals surface area contributed by atoms with Gasteiger partial charge in [0, 0.05) is 17.1 Å². The van der Waals surface area contributed by atoms with Gasteiger partial charge in [0.2, 0.25) is 0 Å². The van der Waals surface area contributed by atoms with Gasteiger partial charge in [-0.1, -0.05) is 39.6 Å². The minimum absolute atomic E-state index is 0.303. The molecule has 0 radical (unpaired) electrons. The zero-order valence-electron chi connectivity index (χ0n) is 11.2. The molecule has 1 heterocycles. The Kier molecular flexibility index (Phi) is 5.88. The minimum Gasteiger partial charge on any atom is -0.484 e. The van der Waals surface area contributed by atoms with Gasteiger partial charge in [0.05, 0.1) is 10.7 Å². The summed E-state index contributed by atoms with van der Waals surface area (Å²) in [4.78, 5) is 0. The van der Waals surface area contributed by atoms with E-state index in [9.17, 15) is 0 Å². The molecular weight excluding hydrogens is 344 g/mol. The van der Waals surface area contributed by atoms with E-state index in [1.807, 2.05) is 18.2 Å². The third-order valence-corrected chi connectivity index (χ3v) is 3.41. The van der Waals surface area contributed by atoms with Crippen molar-refractivity contribution in [1.82, 2.24) is 10.5 Å². The number of benzene rings is 1. The molecule has 0 aliphatic carbocycles. The summed E-state index contributed by atoms with van der Waals surface area (Å²) in [6, 6.07) is 7.35. The summed E-state index contributed by atoms with van der Waals surface area (Å²) >= 11 is 9.43. The molecule has 0 spiro atoms. The summed E-state index contributed by atoms with van der Waals surface area (Å²) in [5.74, 6) is 1.29. The molecule has 1 N–H and O–H groups in total. The fraction of sp³-hybridized carbons (Fsp3) is 0.357. The summed E-state index contributed by atoms with van der Waals surface area (Å²) in [7, 11) is 0. The first-order chi connectivity index (χ1) is 9.69. The Morgan fingerprint density at radius 1 is 1.40 bits per heavy atom. The van der Waals surface area contributed by atoms with E-state index in [1.165, 1.54) is 0 Å². The van der Waals surface area contributed by atoms with Crippen LogP contribution in [0.2, 0.25) is 5.02 Å². The first-order valence-corrected chi connectivity index (χ1v) is 7.59. The predicted octanol–water partition coefficient (Wildman–Crippen LogP) is 4.17. The summed E-state index contributed by atoms with van der Waals surface area (Å²) in [6.07, 6.45) is 1.09. The monoisotopic (exact) mass is 358 g/mol. The molecule has 2 aromatic rings. The number of aromatic nitrogens is 1. The Morgan fingerprint density at radius 3 is 3.05 bits per heavy atom. The Bertz CT molecular complexity index is 560. The van der Waals surface area contributed by atoms with Crippen LogP contribution in [0.4, 0.5) is 0 Å². The lowest BCUT2D eigenvalue weighted by Crippen LogP contribution is -2.13. The van der Waals surface area contributed by atoms with E-state index in [0.29, 0.717) is 29.7 Å². The molecule has 0 saturated heterocycles. The second-order valence-corrected chi connectivity index (χ2v) is 5.65. The van der Waals surface area contributed by atoms with E-state index in [1.54, 1.807) is 6.07 Å². The van der Waals surface area contributed by atoms with E-state index < -0.39 is 0 Å². The van der Waals surface area contributed by atoms with Gasteiger partial charge in [-0.05, 0) is 31.2 Å². The van der Waals surface area contributed by atoms with Crippen LogP contribution in [0.15, 0.2) is 33.3 Å². The third kappa shape index (κ3) is 4.51. The highest BCUT2D eigenvalue weighted by atomic mass is 79.9. The molecule has 1 aromatic carbocycles. The number of nitrogens with one attached hydrogen (secondary N) is 1. The first kappa shape index (κ1) is 15.4. The lowest BCUT2D eigenvalue weighted by Gasteiger charge is -2.06. The molecule has 108 valence electrons. The number of ether oxygens (including phenoxy) is 1. The molecule has 6 heteroatoms. The summed E-state index contributed by atoms with van der Waals surface area (Å²) in [5, 5.41) is 7.81. The lowest BCUT2D eigenvalue weighted by atomic mass is 10.3. The molecular formula is C14H16BrClN2O2. The molecule has 0 aliphatic heterocycles. The highest BCUT2D eigenvalue weighted by molar-refractivity contribution is 9.10.